The van der Waals surface area contributed by atoms with E-state index < -0.39 is 29.9 Å². The minimum absolute atomic E-state index is 0.0958. The Bertz CT molecular complexity index is 1300. The van der Waals surface area contributed by atoms with E-state index in [1.54, 1.807) is 42.5 Å². The molecule has 0 saturated carbocycles. The number of rotatable bonds is 6. The molecule has 4 atom stereocenters. The molecule has 0 spiro atoms. The van der Waals surface area contributed by atoms with Gasteiger partial charge in [-0.25, -0.2) is 4.39 Å². The van der Waals surface area contributed by atoms with Gasteiger partial charge in [0.25, 0.3) is 0 Å². The normalized spacial score (nSPS) is 24.9. The predicted molar refractivity (Wildman–Crippen MR) is 140 cm³/mol. The lowest BCUT2D eigenvalue weighted by molar-refractivity contribution is -0.106. The summed E-state index contributed by atoms with van der Waals surface area (Å²) in [5.41, 5.74) is 1.23. The Kier molecular flexibility index (Phi) is 7.39. The molecule has 3 heterocycles. The van der Waals surface area contributed by atoms with Gasteiger partial charge in [0.1, 0.15) is 34.9 Å². The second-order valence-corrected chi connectivity index (χ2v) is 10.1. The number of phenols is 1. The first kappa shape index (κ1) is 25.6. The summed E-state index contributed by atoms with van der Waals surface area (Å²) in [6, 6.07) is 16.5. The van der Waals surface area contributed by atoms with Crippen LogP contribution in [0.4, 0.5) is 4.39 Å². The molecule has 3 aliphatic rings. The van der Waals surface area contributed by atoms with Gasteiger partial charge in [-0.3, -0.25) is 4.79 Å². The first-order valence-electron chi connectivity index (χ1n) is 13.5. The van der Waals surface area contributed by atoms with Gasteiger partial charge in [0.05, 0.1) is 24.7 Å². The Balaban J connectivity index is 1.32. The van der Waals surface area contributed by atoms with Gasteiger partial charge < -0.3 is 28.8 Å². The van der Waals surface area contributed by atoms with Crippen LogP contribution in [0.15, 0.2) is 60.7 Å². The van der Waals surface area contributed by atoms with Crippen LogP contribution in [-0.2, 0) is 9.47 Å². The standard InChI is InChI=1S/C31H31FO7/c32-24-17-23(38-27-6-2-4-16-36-27)18-25-29(24)30(34)28(31(39-25)20-7-11-21(33)12-8-20)19-9-13-22(14-10-19)37-26-5-1-3-15-35-26/h7-14,17-18,26-28,31,33H,1-6,15-16H2. The molecule has 7 nitrogen and oxygen atoms in total. The fourth-order valence-corrected chi connectivity index (χ4v) is 5.37. The molecular weight excluding hydrogens is 503 g/mol. The zero-order valence-corrected chi connectivity index (χ0v) is 21.5. The number of ketones is 1. The summed E-state index contributed by atoms with van der Waals surface area (Å²) >= 11 is 0. The molecule has 0 radical (unpaired) electrons. The lowest BCUT2D eigenvalue weighted by atomic mass is 9.81. The number of fused-ring (bicyclic) bond motifs is 1. The number of halogens is 1. The number of benzene rings is 3. The number of hydrogen-bond donors (Lipinski definition) is 1. The third-order valence-electron chi connectivity index (χ3n) is 7.38. The van der Waals surface area contributed by atoms with Crippen molar-refractivity contribution in [3.05, 3.63) is 83.2 Å². The molecule has 0 aliphatic carbocycles. The number of carbonyl (C=O) groups excluding carboxylic acids is 1. The number of carbonyl (C=O) groups is 1. The topological polar surface area (TPSA) is 83.5 Å². The van der Waals surface area contributed by atoms with E-state index >= 15 is 4.39 Å². The molecule has 0 amide bonds. The van der Waals surface area contributed by atoms with E-state index in [0.717, 1.165) is 32.1 Å². The fraction of sp³-hybridized carbons (Fsp3) is 0.387. The van der Waals surface area contributed by atoms with Gasteiger partial charge >= 0.3 is 0 Å². The second kappa shape index (κ2) is 11.2. The van der Waals surface area contributed by atoms with Crippen molar-refractivity contribution in [1.82, 2.24) is 0 Å². The zero-order chi connectivity index (χ0) is 26.8. The second-order valence-electron chi connectivity index (χ2n) is 10.1. The maximum Gasteiger partial charge on any atom is 0.199 e. The largest absolute Gasteiger partial charge is 0.508 e. The molecule has 8 heteroatoms. The van der Waals surface area contributed by atoms with Crippen molar-refractivity contribution < 1.29 is 38.0 Å². The molecule has 6 rings (SSSR count). The van der Waals surface area contributed by atoms with Crippen molar-refractivity contribution in [3.8, 4) is 23.0 Å². The van der Waals surface area contributed by atoms with Gasteiger partial charge in [-0.15, -0.1) is 0 Å². The van der Waals surface area contributed by atoms with E-state index in [1.165, 1.54) is 18.2 Å². The zero-order valence-electron chi connectivity index (χ0n) is 21.5. The average Bonchev–Trinajstić information content (AvgIpc) is 2.95. The van der Waals surface area contributed by atoms with Crippen LogP contribution >= 0.6 is 0 Å². The summed E-state index contributed by atoms with van der Waals surface area (Å²) in [5.74, 6) is -0.809. The smallest absolute Gasteiger partial charge is 0.199 e. The van der Waals surface area contributed by atoms with E-state index in [2.05, 4.69) is 0 Å². The van der Waals surface area contributed by atoms with Gasteiger partial charge in [-0.2, -0.15) is 0 Å². The molecular formula is C31H31FO7. The first-order chi connectivity index (χ1) is 19.0. The highest BCUT2D eigenvalue weighted by atomic mass is 19.1. The Morgan fingerprint density at radius 3 is 2.00 bits per heavy atom. The van der Waals surface area contributed by atoms with E-state index in [9.17, 15) is 9.90 Å². The molecule has 2 saturated heterocycles. The molecule has 2 fully saturated rings. The Labute approximate surface area is 226 Å². The number of Topliss-reactive ketones (excluding diaryl/α,β-unsaturated/α-hetero) is 1. The number of ether oxygens (including phenoxy) is 5. The minimum atomic E-state index is -0.815. The summed E-state index contributed by atoms with van der Waals surface area (Å²) in [5, 5.41) is 9.83. The molecule has 0 bridgehead atoms. The van der Waals surface area contributed by atoms with Gasteiger partial charge in [0.15, 0.2) is 18.4 Å². The summed E-state index contributed by atoms with van der Waals surface area (Å²) < 4.78 is 44.9. The molecule has 3 aromatic rings. The van der Waals surface area contributed by atoms with Crippen molar-refractivity contribution in [2.45, 2.75) is 63.1 Å². The Morgan fingerprint density at radius 1 is 0.769 bits per heavy atom. The quantitative estimate of drug-likeness (QED) is 0.390. The highest BCUT2D eigenvalue weighted by Gasteiger charge is 2.41. The van der Waals surface area contributed by atoms with Crippen molar-refractivity contribution in [2.75, 3.05) is 13.2 Å². The van der Waals surface area contributed by atoms with E-state index in [1.807, 2.05) is 0 Å². The van der Waals surface area contributed by atoms with Crippen molar-refractivity contribution in [1.29, 1.82) is 0 Å². The van der Waals surface area contributed by atoms with Crippen molar-refractivity contribution in [2.24, 2.45) is 0 Å². The fourth-order valence-electron chi connectivity index (χ4n) is 5.37. The minimum Gasteiger partial charge on any atom is -0.508 e. The number of phenolic OH excluding ortho intramolecular Hbond substituents is 1. The maximum absolute atomic E-state index is 15.4. The van der Waals surface area contributed by atoms with Crippen LogP contribution in [0.2, 0.25) is 0 Å². The molecule has 39 heavy (non-hydrogen) atoms. The Hall–Kier alpha value is -3.62. The molecule has 4 unspecified atom stereocenters. The maximum atomic E-state index is 15.4. The van der Waals surface area contributed by atoms with Crippen molar-refractivity contribution in [3.63, 3.8) is 0 Å². The lowest BCUT2D eigenvalue weighted by Crippen LogP contribution is -2.31. The number of aromatic hydroxyl groups is 1. The number of hydrogen-bond acceptors (Lipinski definition) is 7. The van der Waals surface area contributed by atoms with Crippen LogP contribution in [0.25, 0.3) is 0 Å². The van der Waals surface area contributed by atoms with Gasteiger partial charge in [-0.05, 0) is 61.1 Å². The first-order valence-corrected chi connectivity index (χ1v) is 13.5. The van der Waals surface area contributed by atoms with E-state index in [-0.39, 0.29) is 29.1 Å². The highest BCUT2D eigenvalue weighted by Crippen LogP contribution is 2.46. The molecule has 3 aliphatic heterocycles. The molecule has 1 N–H and O–H groups in total. The monoisotopic (exact) mass is 534 g/mol. The Morgan fingerprint density at radius 2 is 1.38 bits per heavy atom. The predicted octanol–water partition coefficient (Wildman–Crippen LogP) is 6.44. The van der Waals surface area contributed by atoms with Crippen LogP contribution in [0.5, 0.6) is 23.0 Å². The van der Waals surface area contributed by atoms with Crippen LogP contribution in [0.3, 0.4) is 0 Å². The SMILES string of the molecule is O=C1c2c(F)cc(OC3CCCCO3)cc2OC(c2ccc(O)cc2)C1c1ccc(OC2CCCCO2)cc1. The summed E-state index contributed by atoms with van der Waals surface area (Å²) in [4.78, 5) is 13.9. The van der Waals surface area contributed by atoms with Crippen LogP contribution in [0.1, 0.15) is 72.0 Å². The van der Waals surface area contributed by atoms with Crippen LogP contribution in [0, 0.1) is 5.82 Å². The van der Waals surface area contributed by atoms with E-state index in [0.29, 0.717) is 36.5 Å². The van der Waals surface area contributed by atoms with Gasteiger partial charge in [0.2, 0.25) is 0 Å². The van der Waals surface area contributed by atoms with Crippen molar-refractivity contribution >= 4 is 5.78 Å². The summed E-state index contributed by atoms with van der Waals surface area (Å²) in [6.45, 7) is 1.27. The van der Waals surface area contributed by atoms with Gasteiger partial charge in [-0.1, -0.05) is 24.3 Å². The third kappa shape index (κ3) is 5.58. The highest BCUT2D eigenvalue weighted by molar-refractivity contribution is 6.05. The summed E-state index contributed by atoms with van der Waals surface area (Å²) in [7, 11) is 0. The van der Waals surface area contributed by atoms with Gasteiger partial charge in [0, 0.05) is 25.0 Å². The van der Waals surface area contributed by atoms with Crippen LogP contribution < -0.4 is 14.2 Å². The molecule has 3 aromatic carbocycles. The average molecular weight is 535 g/mol. The molecule has 204 valence electrons. The lowest BCUT2D eigenvalue weighted by Gasteiger charge is -2.34. The summed E-state index contributed by atoms with van der Waals surface area (Å²) in [6.07, 6.45) is 4.05. The molecule has 0 aromatic heterocycles. The van der Waals surface area contributed by atoms with E-state index in [4.69, 9.17) is 23.7 Å². The third-order valence-corrected chi connectivity index (χ3v) is 7.38. The van der Waals surface area contributed by atoms with Crippen LogP contribution in [-0.4, -0.2) is 36.7 Å².